The Morgan fingerprint density at radius 2 is 1.44 bits per heavy atom. The molecule has 1 unspecified atom stereocenters. The minimum Gasteiger partial charge on any atom is -0.547 e. The fourth-order valence-corrected chi connectivity index (χ4v) is 1.90. The average Bonchev–Trinajstić information content (AvgIpc) is 2.39. The first-order chi connectivity index (χ1) is 8.58. The summed E-state index contributed by atoms with van der Waals surface area (Å²) in [5, 5.41) is 19.9. The highest BCUT2D eigenvalue weighted by atomic mass is 79.9. The lowest BCUT2D eigenvalue weighted by atomic mass is 10.0. The lowest BCUT2D eigenvalue weighted by Crippen LogP contribution is -2.29. The van der Waals surface area contributed by atoms with Crippen molar-refractivity contribution in [2.75, 3.05) is 0 Å². The number of halogens is 1. The zero-order valence-electron chi connectivity index (χ0n) is 9.34. The van der Waals surface area contributed by atoms with Gasteiger partial charge in [-0.3, -0.25) is 0 Å². The van der Waals surface area contributed by atoms with Crippen molar-refractivity contribution in [3.05, 3.63) is 58.6 Å². The van der Waals surface area contributed by atoms with E-state index in [2.05, 4.69) is 15.9 Å². The molecule has 2 rings (SSSR count). The molecule has 0 bridgehead atoms. The number of aliphatic carboxylic acids is 1. The number of carbonyl (C=O) groups is 1. The van der Waals surface area contributed by atoms with Crippen molar-refractivity contribution < 1.29 is 15.0 Å². The zero-order chi connectivity index (χ0) is 13.1. The summed E-state index contributed by atoms with van der Waals surface area (Å²) in [6, 6.07) is 14.5. The molecule has 0 amide bonds. The van der Waals surface area contributed by atoms with Crippen LogP contribution in [0.15, 0.2) is 53.0 Å². The van der Waals surface area contributed by atoms with Gasteiger partial charge in [-0.05, 0) is 28.8 Å². The Labute approximate surface area is 113 Å². The van der Waals surface area contributed by atoms with Crippen LogP contribution in [-0.2, 0) is 4.79 Å². The van der Waals surface area contributed by atoms with Crippen LogP contribution in [0.1, 0.15) is 11.7 Å². The van der Waals surface area contributed by atoms with Crippen LogP contribution in [0.2, 0.25) is 0 Å². The standard InChI is InChI=1S/C14H11BrO3/c15-12-7-5-10(6-8-12)9-1-3-11(4-2-9)13(16)14(17)18/h1-8,13,16H,(H,17,18)/p-1. The topological polar surface area (TPSA) is 60.4 Å². The monoisotopic (exact) mass is 305 g/mol. The van der Waals surface area contributed by atoms with Gasteiger partial charge in [0.1, 0.15) is 6.10 Å². The number of aliphatic hydroxyl groups excluding tert-OH is 1. The van der Waals surface area contributed by atoms with Crippen molar-refractivity contribution in [2.45, 2.75) is 6.10 Å². The quantitative estimate of drug-likeness (QED) is 0.942. The average molecular weight is 306 g/mol. The van der Waals surface area contributed by atoms with Gasteiger partial charge in [-0.1, -0.05) is 52.3 Å². The van der Waals surface area contributed by atoms with Crippen molar-refractivity contribution >= 4 is 21.9 Å². The van der Waals surface area contributed by atoms with E-state index in [1.165, 1.54) is 0 Å². The number of carboxylic acids is 1. The predicted octanol–water partition coefficient (Wildman–Crippen LogP) is 1.90. The van der Waals surface area contributed by atoms with E-state index in [4.69, 9.17) is 0 Å². The maximum atomic E-state index is 10.5. The highest BCUT2D eigenvalue weighted by Crippen LogP contribution is 2.23. The Morgan fingerprint density at radius 1 is 1.00 bits per heavy atom. The van der Waals surface area contributed by atoms with Crippen LogP contribution in [0.4, 0.5) is 0 Å². The molecule has 0 saturated carbocycles. The van der Waals surface area contributed by atoms with Crippen LogP contribution in [0.5, 0.6) is 0 Å². The molecule has 0 heterocycles. The lowest BCUT2D eigenvalue weighted by Gasteiger charge is -2.12. The third kappa shape index (κ3) is 2.78. The van der Waals surface area contributed by atoms with Gasteiger partial charge < -0.3 is 15.0 Å². The summed E-state index contributed by atoms with van der Waals surface area (Å²) in [5.74, 6) is -1.49. The molecule has 0 aliphatic heterocycles. The molecule has 18 heavy (non-hydrogen) atoms. The van der Waals surface area contributed by atoms with E-state index in [0.29, 0.717) is 5.56 Å². The van der Waals surface area contributed by atoms with Gasteiger partial charge >= 0.3 is 0 Å². The molecule has 2 aromatic carbocycles. The summed E-state index contributed by atoms with van der Waals surface area (Å²) in [7, 11) is 0. The van der Waals surface area contributed by atoms with E-state index >= 15 is 0 Å². The second-order valence-corrected chi connectivity index (χ2v) is 4.77. The summed E-state index contributed by atoms with van der Waals surface area (Å²) in [4.78, 5) is 10.5. The molecule has 1 atom stereocenters. The maximum absolute atomic E-state index is 10.5. The van der Waals surface area contributed by atoms with Crippen LogP contribution in [0, 0.1) is 0 Å². The largest absolute Gasteiger partial charge is 0.547 e. The van der Waals surface area contributed by atoms with Crippen molar-refractivity contribution in [3.8, 4) is 11.1 Å². The van der Waals surface area contributed by atoms with Crippen molar-refractivity contribution in [1.82, 2.24) is 0 Å². The van der Waals surface area contributed by atoms with E-state index in [-0.39, 0.29) is 0 Å². The summed E-state index contributed by atoms with van der Waals surface area (Å²) in [5.41, 5.74) is 2.29. The van der Waals surface area contributed by atoms with E-state index in [9.17, 15) is 15.0 Å². The molecule has 0 spiro atoms. The number of benzene rings is 2. The lowest BCUT2D eigenvalue weighted by molar-refractivity contribution is -0.315. The molecule has 2 aromatic rings. The van der Waals surface area contributed by atoms with Crippen molar-refractivity contribution in [3.63, 3.8) is 0 Å². The molecule has 0 saturated heterocycles. The Morgan fingerprint density at radius 3 is 1.89 bits per heavy atom. The van der Waals surface area contributed by atoms with Gasteiger partial charge in [0.05, 0.1) is 5.97 Å². The molecule has 0 aliphatic carbocycles. The highest BCUT2D eigenvalue weighted by Gasteiger charge is 2.08. The van der Waals surface area contributed by atoms with Crippen molar-refractivity contribution in [1.29, 1.82) is 0 Å². The van der Waals surface area contributed by atoms with Crippen LogP contribution >= 0.6 is 15.9 Å². The van der Waals surface area contributed by atoms with Gasteiger partial charge in [0.15, 0.2) is 0 Å². The predicted molar refractivity (Wildman–Crippen MR) is 69.5 cm³/mol. The molecular weight excluding hydrogens is 296 g/mol. The molecular formula is C14H10BrO3-. The fraction of sp³-hybridized carbons (Fsp3) is 0.0714. The van der Waals surface area contributed by atoms with Crippen LogP contribution in [0.25, 0.3) is 11.1 Å². The van der Waals surface area contributed by atoms with Gasteiger partial charge in [0.2, 0.25) is 0 Å². The molecule has 0 aliphatic rings. The van der Waals surface area contributed by atoms with Gasteiger partial charge in [-0.15, -0.1) is 0 Å². The third-order valence-electron chi connectivity index (χ3n) is 2.63. The van der Waals surface area contributed by atoms with Crippen molar-refractivity contribution in [2.24, 2.45) is 0 Å². The fourth-order valence-electron chi connectivity index (χ4n) is 1.64. The normalized spacial score (nSPS) is 12.1. The Balaban J connectivity index is 2.27. The second kappa shape index (κ2) is 5.33. The Hall–Kier alpha value is -1.65. The van der Waals surface area contributed by atoms with E-state index in [1.807, 2.05) is 24.3 Å². The minimum absolute atomic E-state index is 0.316. The number of hydrogen-bond donors (Lipinski definition) is 1. The number of carboxylic acid groups (broad SMARTS) is 1. The molecule has 0 fully saturated rings. The molecule has 0 radical (unpaired) electrons. The molecule has 1 N–H and O–H groups in total. The number of carbonyl (C=O) groups excluding carboxylic acids is 1. The van der Waals surface area contributed by atoms with Gasteiger partial charge in [-0.2, -0.15) is 0 Å². The third-order valence-corrected chi connectivity index (χ3v) is 3.16. The molecule has 0 aromatic heterocycles. The number of rotatable bonds is 3. The SMILES string of the molecule is O=C([O-])C(O)c1ccc(-c2ccc(Br)cc2)cc1. The van der Waals surface area contributed by atoms with E-state index in [1.54, 1.807) is 24.3 Å². The first-order valence-electron chi connectivity index (χ1n) is 5.33. The maximum Gasteiger partial charge on any atom is 0.118 e. The molecule has 92 valence electrons. The number of hydrogen-bond acceptors (Lipinski definition) is 3. The number of aliphatic hydroxyl groups is 1. The van der Waals surface area contributed by atoms with Gasteiger partial charge in [0.25, 0.3) is 0 Å². The van der Waals surface area contributed by atoms with Crippen LogP contribution in [0.3, 0.4) is 0 Å². The van der Waals surface area contributed by atoms with E-state index < -0.39 is 12.1 Å². The summed E-state index contributed by atoms with van der Waals surface area (Å²) in [6.07, 6.45) is -1.58. The first-order valence-corrected chi connectivity index (χ1v) is 6.12. The summed E-state index contributed by atoms with van der Waals surface area (Å²) in [6.45, 7) is 0. The van der Waals surface area contributed by atoms with Crippen LogP contribution < -0.4 is 5.11 Å². The second-order valence-electron chi connectivity index (χ2n) is 3.85. The van der Waals surface area contributed by atoms with Gasteiger partial charge in [-0.25, -0.2) is 0 Å². The smallest absolute Gasteiger partial charge is 0.118 e. The summed E-state index contributed by atoms with van der Waals surface area (Å²) < 4.78 is 0.996. The Kier molecular flexibility index (Phi) is 3.79. The van der Waals surface area contributed by atoms with E-state index in [0.717, 1.165) is 15.6 Å². The molecule has 4 heteroatoms. The Bertz CT molecular complexity index is 546. The first kappa shape index (κ1) is 12.8. The summed E-state index contributed by atoms with van der Waals surface area (Å²) >= 11 is 3.36. The molecule has 3 nitrogen and oxygen atoms in total. The highest BCUT2D eigenvalue weighted by molar-refractivity contribution is 9.10. The zero-order valence-corrected chi connectivity index (χ0v) is 10.9. The van der Waals surface area contributed by atoms with Crippen LogP contribution in [-0.4, -0.2) is 11.1 Å². The van der Waals surface area contributed by atoms with Gasteiger partial charge in [0, 0.05) is 4.47 Å². The minimum atomic E-state index is -1.58.